The lowest BCUT2D eigenvalue weighted by atomic mass is 9.83. The van der Waals surface area contributed by atoms with Gasteiger partial charge in [-0.05, 0) is 44.2 Å². The second-order valence-electron chi connectivity index (χ2n) is 7.82. The van der Waals surface area contributed by atoms with Gasteiger partial charge in [0, 0.05) is 35.9 Å². The first-order valence-electron chi connectivity index (χ1n) is 10.1. The fraction of sp³-hybridized carbons (Fsp3) is 0.400. The zero-order valence-corrected chi connectivity index (χ0v) is 17.3. The standard InChI is InChI=1S/C20H23N7O2S/c1-11-7-17(27-29-11)18(28)22-14-4-2-3-12(8-14)19-25-26-20(30-19)23-15-5-6-16-13(9-15)10-21-24-16/h2-4,7-8,13,15-16,21,24H,5-6,9-10H2,1H3,(H,22,28)(H,23,26). The number of carbonyl (C=O) groups excluding carboxylic acids is 1. The fourth-order valence-corrected chi connectivity index (χ4v) is 4.92. The summed E-state index contributed by atoms with van der Waals surface area (Å²) < 4.78 is 4.96. The van der Waals surface area contributed by atoms with Gasteiger partial charge >= 0.3 is 0 Å². The Labute approximate surface area is 177 Å². The maximum Gasteiger partial charge on any atom is 0.277 e. The molecule has 3 heterocycles. The molecule has 2 aliphatic rings. The van der Waals surface area contributed by atoms with E-state index in [1.165, 1.54) is 11.3 Å². The number of hydrazine groups is 1. The van der Waals surface area contributed by atoms with E-state index in [1.54, 1.807) is 13.0 Å². The molecule has 3 unspecified atom stereocenters. The summed E-state index contributed by atoms with van der Waals surface area (Å²) in [5, 5.41) is 20.5. The summed E-state index contributed by atoms with van der Waals surface area (Å²) in [6, 6.07) is 10.2. The number of aryl methyl sites for hydroxylation is 1. The molecule has 0 spiro atoms. The molecule has 3 atom stereocenters. The number of fused-ring (bicyclic) bond motifs is 1. The van der Waals surface area contributed by atoms with Gasteiger partial charge in [-0.3, -0.25) is 15.6 Å². The molecule has 0 bridgehead atoms. The van der Waals surface area contributed by atoms with Crippen molar-refractivity contribution < 1.29 is 9.32 Å². The zero-order chi connectivity index (χ0) is 20.5. The van der Waals surface area contributed by atoms with Crippen LogP contribution < -0.4 is 21.5 Å². The Hall–Kier alpha value is -2.82. The topological polar surface area (TPSA) is 117 Å². The molecule has 30 heavy (non-hydrogen) atoms. The fourth-order valence-electron chi connectivity index (χ4n) is 4.10. The second kappa shape index (κ2) is 8.13. The van der Waals surface area contributed by atoms with Crippen molar-refractivity contribution in [2.75, 3.05) is 17.2 Å². The van der Waals surface area contributed by atoms with Crippen LogP contribution in [0.3, 0.4) is 0 Å². The molecule has 2 aromatic heterocycles. The number of aromatic nitrogens is 3. The maximum absolute atomic E-state index is 12.3. The van der Waals surface area contributed by atoms with Crippen molar-refractivity contribution in [3.05, 3.63) is 41.8 Å². The highest BCUT2D eigenvalue weighted by Gasteiger charge is 2.34. The van der Waals surface area contributed by atoms with Gasteiger partial charge in [0.05, 0.1) is 0 Å². The first-order chi connectivity index (χ1) is 14.6. The first kappa shape index (κ1) is 19.2. The Bertz CT molecular complexity index is 1050. The number of anilines is 2. The van der Waals surface area contributed by atoms with E-state index in [1.807, 2.05) is 24.3 Å². The Kier molecular flexibility index (Phi) is 5.19. The van der Waals surface area contributed by atoms with Crippen LogP contribution in [0.5, 0.6) is 0 Å². The van der Waals surface area contributed by atoms with Gasteiger partial charge in [0.2, 0.25) is 5.13 Å². The second-order valence-corrected chi connectivity index (χ2v) is 8.79. The van der Waals surface area contributed by atoms with Crippen LogP contribution in [0, 0.1) is 12.8 Å². The summed E-state index contributed by atoms with van der Waals surface area (Å²) in [5.74, 6) is 0.948. The molecule has 5 rings (SSSR count). The van der Waals surface area contributed by atoms with Crippen LogP contribution in [-0.4, -0.2) is 39.9 Å². The normalized spacial score (nSPS) is 23.2. The number of hydrogen-bond donors (Lipinski definition) is 4. The molecule has 1 aliphatic carbocycles. The molecule has 2 fully saturated rings. The van der Waals surface area contributed by atoms with Crippen LogP contribution in [0.25, 0.3) is 10.6 Å². The van der Waals surface area contributed by atoms with E-state index in [0.29, 0.717) is 29.4 Å². The van der Waals surface area contributed by atoms with Gasteiger partial charge in [-0.15, -0.1) is 10.2 Å². The summed E-state index contributed by atoms with van der Waals surface area (Å²) in [7, 11) is 0. The summed E-state index contributed by atoms with van der Waals surface area (Å²) in [4.78, 5) is 12.3. The zero-order valence-electron chi connectivity index (χ0n) is 16.5. The van der Waals surface area contributed by atoms with Gasteiger partial charge in [0.25, 0.3) is 5.91 Å². The molecule has 3 aromatic rings. The quantitative estimate of drug-likeness (QED) is 0.493. The number of carbonyl (C=O) groups is 1. The van der Waals surface area contributed by atoms with E-state index in [-0.39, 0.29) is 11.6 Å². The minimum absolute atomic E-state index is 0.252. The van der Waals surface area contributed by atoms with E-state index in [4.69, 9.17) is 4.52 Å². The van der Waals surface area contributed by atoms with E-state index in [0.717, 1.165) is 41.5 Å². The third kappa shape index (κ3) is 4.07. The predicted octanol–water partition coefficient (Wildman–Crippen LogP) is 2.81. The Morgan fingerprint density at radius 3 is 3.07 bits per heavy atom. The van der Waals surface area contributed by atoms with Crippen molar-refractivity contribution >= 4 is 28.1 Å². The summed E-state index contributed by atoms with van der Waals surface area (Å²) >= 11 is 1.53. The van der Waals surface area contributed by atoms with Gasteiger partial charge in [0.15, 0.2) is 5.69 Å². The van der Waals surface area contributed by atoms with E-state index in [9.17, 15) is 4.79 Å². The SMILES string of the molecule is Cc1cc(C(=O)Nc2cccc(-c3nnc(NC4CCC5NNCC5C4)s3)c2)no1. The van der Waals surface area contributed by atoms with Crippen LogP contribution in [0.15, 0.2) is 34.9 Å². The Morgan fingerprint density at radius 1 is 1.27 bits per heavy atom. The third-order valence-electron chi connectivity index (χ3n) is 5.61. The number of hydrogen-bond acceptors (Lipinski definition) is 9. The Morgan fingerprint density at radius 2 is 2.20 bits per heavy atom. The highest BCUT2D eigenvalue weighted by molar-refractivity contribution is 7.18. The van der Waals surface area contributed by atoms with Crippen molar-refractivity contribution in [3.8, 4) is 10.6 Å². The molecule has 1 amide bonds. The van der Waals surface area contributed by atoms with Gasteiger partial charge in [-0.25, -0.2) is 0 Å². The van der Waals surface area contributed by atoms with Crippen molar-refractivity contribution in [2.45, 2.75) is 38.3 Å². The molecule has 0 radical (unpaired) electrons. The van der Waals surface area contributed by atoms with Gasteiger partial charge in [-0.2, -0.15) is 0 Å². The molecular formula is C20H23N7O2S. The lowest BCUT2D eigenvalue weighted by molar-refractivity contribution is 0.101. The molecule has 1 saturated heterocycles. The summed E-state index contributed by atoms with van der Waals surface area (Å²) in [6.07, 6.45) is 3.41. The van der Waals surface area contributed by atoms with Crippen molar-refractivity contribution in [3.63, 3.8) is 0 Å². The number of rotatable bonds is 5. The number of nitrogens with one attached hydrogen (secondary N) is 4. The molecule has 1 saturated carbocycles. The molecule has 1 aliphatic heterocycles. The van der Waals surface area contributed by atoms with Crippen molar-refractivity contribution in [1.29, 1.82) is 0 Å². The molecular weight excluding hydrogens is 402 g/mol. The lowest BCUT2D eigenvalue weighted by Gasteiger charge is -2.30. The molecule has 9 nitrogen and oxygen atoms in total. The third-order valence-corrected chi connectivity index (χ3v) is 6.52. The maximum atomic E-state index is 12.3. The first-order valence-corrected chi connectivity index (χ1v) is 10.9. The number of nitrogens with zero attached hydrogens (tertiary/aromatic N) is 3. The highest BCUT2D eigenvalue weighted by Crippen LogP contribution is 2.32. The lowest BCUT2D eigenvalue weighted by Crippen LogP contribution is -2.39. The highest BCUT2D eigenvalue weighted by atomic mass is 32.1. The van der Waals surface area contributed by atoms with E-state index < -0.39 is 0 Å². The summed E-state index contributed by atoms with van der Waals surface area (Å²) in [6.45, 7) is 2.77. The largest absolute Gasteiger partial charge is 0.361 e. The smallest absolute Gasteiger partial charge is 0.277 e. The number of amides is 1. The minimum atomic E-state index is -0.310. The molecule has 156 valence electrons. The van der Waals surface area contributed by atoms with E-state index in [2.05, 4.69) is 36.8 Å². The van der Waals surface area contributed by atoms with Gasteiger partial charge in [-0.1, -0.05) is 28.6 Å². The molecule has 10 heteroatoms. The van der Waals surface area contributed by atoms with Crippen LogP contribution in [0.2, 0.25) is 0 Å². The molecule has 4 N–H and O–H groups in total. The van der Waals surface area contributed by atoms with E-state index >= 15 is 0 Å². The number of benzene rings is 1. The molecule has 1 aromatic carbocycles. The average Bonchev–Trinajstić information content (AvgIpc) is 3.49. The van der Waals surface area contributed by atoms with Crippen LogP contribution in [0.1, 0.15) is 35.5 Å². The van der Waals surface area contributed by atoms with Crippen LogP contribution in [0.4, 0.5) is 10.8 Å². The van der Waals surface area contributed by atoms with Crippen LogP contribution in [-0.2, 0) is 0 Å². The Balaban J connectivity index is 1.24. The predicted molar refractivity (Wildman–Crippen MR) is 114 cm³/mol. The van der Waals surface area contributed by atoms with Crippen molar-refractivity contribution in [2.24, 2.45) is 5.92 Å². The average molecular weight is 426 g/mol. The summed E-state index contributed by atoms with van der Waals surface area (Å²) in [5.41, 5.74) is 8.45. The van der Waals surface area contributed by atoms with Gasteiger partial charge in [0.1, 0.15) is 10.8 Å². The monoisotopic (exact) mass is 425 g/mol. The van der Waals surface area contributed by atoms with Crippen LogP contribution >= 0.6 is 11.3 Å². The van der Waals surface area contributed by atoms with Crippen molar-refractivity contribution in [1.82, 2.24) is 26.2 Å². The van der Waals surface area contributed by atoms with Gasteiger partial charge < -0.3 is 15.2 Å². The minimum Gasteiger partial charge on any atom is -0.361 e.